The summed E-state index contributed by atoms with van der Waals surface area (Å²) < 4.78 is 15.8. The minimum absolute atomic E-state index is 0.00126. The van der Waals surface area contributed by atoms with Gasteiger partial charge in [0.25, 0.3) is 0 Å². The van der Waals surface area contributed by atoms with Crippen molar-refractivity contribution in [3.05, 3.63) is 71.8 Å². The van der Waals surface area contributed by atoms with Crippen molar-refractivity contribution in [2.75, 3.05) is 13.1 Å². The molecule has 0 spiro atoms. The van der Waals surface area contributed by atoms with Gasteiger partial charge in [-0.05, 0) is 50.7 Å². The maximum Gasteiger partial charge on any atom is 0.414 e. The van der Waals surface area contributed by atoms with Gasteiger partial charge < -0.3 is 19.3 Å². The Kier molecular flexibility index (Phi) is 11.1. The second kappa shape index (κ2) is 14.7. The first-order chi connectivity index (χ1) is 19.5. The molecule has 1 fully saturated rings. The van der Waals surface area contributed by atoms with Gasteiger partial charge in [0.05, 0.1) is 0 Å². The van der Waals surface area contributed by atoms with Crippen LogP contribution in [-0.4, -0.2) is 64.9 Å². The summed E-state index contributed by atoms with van der Waals surface area (Å²) in [6, 6.07) is 17.0. The van der Waals surface area contributed by atoms with Crippen LogP contribution in [0.2, 0.25) is 0 Å². The molecule has 1 saturated heterocycles. The van der Waals surface area contributed by atoms with Crippen LogP contribution in [-0.2, 0) is 32.2 Å². The number of alkyl carbamates (subject to hydrolysis) is 2. The fraction of sp³-hybridized carbons (Fsp3) is 0.414. The van der Waals surface area contributed by atoms with Crippen LogP contribution >= 0.6 is 0 Å². The van der Waals surface area contributed by atoms with E-state index < -0.39 is 41.8 Å². The highest BCUT2D eigenvalue weighted by molar-refractivity contribution is 6.01. The number of guanidine groups is 1. The molecule has 12 nitrogen and oxygen atoms in total. The van der Waals surface area contributed by atoms with Crippen molar-refractivity contribution in [3.8, 4) is 0 Å². The first-order valence-corrected chi connectivity index (χ1v) is 13.2. The topological polar surface area (TPSA) is 156 Å². The van der Waals surface area contributed by atoms with Crippen molar-refractivity contribution in [1.29, 1.82) is 0 Å². The molecule has 1 aliphatic rings. The number of carbonyl (C=O) groups excluding carboxylic acids is 3. The summed E-state index contributed by atoms with van der Waals surface area (Å²) >= 11 is 0. The van der Waals surface area contributed by atoms with E-state index in [0.29, 0.717) is 6.42 Å². The number of carboxylic acids is 1. The Labute approximate surface area is 238 Å². The zero-order valence-corrected chi connectivity index (χ0v) is 23.4. The Bertz CT molecular complexity index is 1150. The Morgan fingerprint density at radius 1 is 0.902 bits per heavy atom. The molecule has 41 heavy (non-hydrogen) atoms. The van der Waals surface area contributed by atoms with Crippen molar-refractivity contribution in [1.82, 2.24) is 15.5 Å². The average molecular weight is 569 g/mol. The Hall–Kier alpha value is -4.61. The normalized spacial score (nSPS) is 16.3. The number of hydrogen-bond donors (Lipinski definition) is 3. The van der Waals surface area contributed by atoms with Gasteiger partial charge in [-0.3, -0.25) is 20.5 Å². The lowest BCUT2D eigenvalue weighted by molar-refractivity contribution is -0.143. The van der Waals surface area contributed by atoms with Crippen LogP contribution in [0.1, 0.15) is 44.7 Å². The number of benzene rings is 2. The second-order valence-corrected chi connectivity index (χ2v) is 10.4. The number of aliphatic imine (C=N–C) groups is 1. The summed E-state index contributed by atoms with van der Waals surface area (Å²) in [4.78, 5) is 54.9. The third-order valence-corrected chi connectivity index (χ3v) is 6.04. The molecule has 0 bridgehead atoms. The predicted octanol–water partition coefficient (Wildman–Crippen LogP) is 4.30. The molecule has 2 atom stereocenters. The monoisotopic (exact) mass is 568 g/mol. The number of nitrogens with one attached hydrogen (secondary N) is 2. The number of likely N-dealkylation sites (tertiary alicyclic amines) is 1. The molecule has 0 unspecified atom stereocenters. The van der Waals surface area contributed by atoms with Crippen LogP contribution in [0.4, 0.5) is 14.4 Å². The fourth-order valence-electron chi connectivity index (χ4n) is 4.18. The highest BCUT2D eigenvalue weighted by Gasteiger charge is 2.43. The molecule has 0 aromatic heterocycles. The number of carboxylic acid groups (broad SMARTS) is 1. The highest BCUT2D eigenvalue weighted by Crippen LogP contribution is 2.29. The molecular formula is C29H36N4O8. The zero-order chi connectivity index (χ0) is 29.8. The van der Waals surface area contributed by atoms with Gasteiger partial charge in [0.15, 0.2) is 0 Å². The lowest BCUT2D eigenvalue weighted by Gasteiger charge is -2.28. The van der Waals surface area contributed by atoms with Crippen molar-refractivity contribution >= 4 is 30.2 Å². The van der Waals surface area contributed by atoms with E-state index in [2.05, 4.69) is 15.6 Å². The Morgan fingerprint density at radius 3 is 1.88 bits per heavy atom. The lowest BCUT2D eigenvalue weighted by Crippen LogP contribution is -2.46. The summed E-state index contributed by atoms with van der Waals surface area (Å²) in [7, 11) is 0. The maximum absolute atomic E-state index is 12.6. The third-order valence-electron chi connectivity index (χ3n) is 6.04. The van der Waals surface area contributed by atoms with E-state index in [1.54, 1.807) is 45.0 Å². The van der Waals surface area contributed by atoms with Gasteiger partial charge in [0.2, 0.25) is 5.96 Å². The van der Waals surface area contributed by atoms with Crippen molar-refractivity contribution < 1.29 is 38.5 Å². The number of carbonyl (C=O) groups is 4. The van der Waals surface area contributed by atoms with Crippen LogP contribution in [0.15, 0.2) is 65.7 Å². The van der Waals surface area contributed by atoms with Crippen LogP contribution < -0.4 is 10.6 Å². The molecule has 1 heterocycles. The van der Waals surface area contributed by atoms with E-state index in [9.17, 15) is 24.3 Å². The Morgan fingerprint density at radius 2 is 1.41 bits per heavy atom. The second-order valence-electron chi connectivity index (χ2n) is 10.4. The molecule has 3 N–H and O–H groups in total. The van der Waals surface area contributed by atoms with Crippen LogP contribution in [0, 0.1) is 5.92 Å². The molecule has 2 aromatic carbocycles. The molecule has 0 saturated carbocycles. The highest BCUT2D eigenvalue weighted by atomic mass is 16.6. The summed E-state index contributed by atoms with van der Waals surface area (Å²) in [6.45, 7) is 5.40. The molecule has 12 heteroatoms. The van der Waals surface area contributed by atoms with Gasteiger partial charge >= 0.3 is 24.2 Å². The maximum atomic E-state index is 12.6. The van der Waals surface area contributed by atoms with Crippen LogP contribution in [0.5, 0.6) is 0 Å². The first kappa shape index (κ1) is 30.9. The average Bonchev–Trinajstić information content (AvgIpc) is 3.35. The van der Waals surface area contributed by atoms with E-state index in [1.807, 2.05) is 36.4 Å². The molecule has 2 aromatic rings. The van der Waals surface area contributed by atoms with Gasteiger partial charge in [-0.25, -0.2) is 19.2 Å². The number of nitrogens with zero attached hydrogens (tertiary/aromatic N) is 2. The van der Waals surface area contributed by atoms with Gasteiger partial charge in [-0.1, -0.05) is 60.7 Å². The lowest BCUT2D eigenvalue weighted by atomic mass is 9.97. The van der Waals surface area contributed by atoms with Gasteiger partial charge in [-0.15, -0.1) is 0 Å². The van der Waals surface area contributed by atoms with E-state index >= 15 is 0 Å². The predicted molar refractivity (Wildman–Crippen MR) is 149 cm³/mol. The third kappa shape index (κ3) is 10.5. The number of rotatable bonds is 8. The van der Waals surface area contributed by atoms with Gasteiger partial charge in [-0.2, -0.15) is 0 Å². The van der Waals surface area contributed by atoms with Crippen molar-refractivity contribution in [2.24, 2.45) is 10.9 Å². The minimum atomic E-state index is -1.15. The fourth-order valence-corrected chi connectivity index (χ4v) is 4.18. The SMILES string of the molecule is CC(C)(C)OC(=O)N1CC[C@@H](CCN=C(NC(=O)OCc2ccccc2)NC(=O)OCc2ccccc2)[C@H]1C(=O)O. The van der Waals surface area contributed by atoms with Gasteiger partial charge in [0.1, 0.15) is 24.9 Å². The van der Waals surface area contributed by atoms with Crippen molar-refractivity contribution in [3.63, 3.8) is 0 Å². The summed E-state index contributed by atoms with van der Waals surface area (Å²) in [5.41, 5.74) is 0.776. The number of amides is 3. The van der Waals surface area contributed by atoms with E-state index in [-0.39, 0.29) is 38.7 Å². The van der Waals surface area contributed by atoms with E-state index in [1.165, 1.54) is 4.90 Å². The van der Waals surface area contributed by atoms with Gasteiger partial charge in [0, 0.05) is 13.1 Å². The quantitative estimate of drug-likeness (QED) is 0.242. The molecule has 3 amide bonds. The van der Waals surface area contributed by atoms with Crippen LogP contribution in [0.25, 0.3) is 0 Å². The molecule has 1 aliphatic heterocycles. The number of ether oxygens (including phenoxy) is 3. The molecule has 3 rings (SSSR count). The summed E-state index contributed by atoms with van der Waals surface area (Å²) in [5, 5.41) is 14.6. The molecule has 0 aliphatic carbocycles. The molecular weight excluding hydrogens is 532 g/mol. The summed E-state index contributed by atoms with van der Waals surface area (Å²) in [6.07, 6.45) is -1.70. The number of aliphatic carboxylic acids is 1. The first-order valence-electron chi connectivity index (χ1n) is 13.2. The summed E-state index contributed by atoms with van der Waals surface area (Å²) in [5.74, 6) is -1.78. The van der Waals surface area contributed by atoms with Crippen LogP contribution in [0.3, 0.4) is 0 Å². The Balaban J connectivity index is 1.63. The minimum Gasteiger partial charge on any atom is -0.480 e. The molecule has 220 valence electrons. The van der Waals surface area contributed by atoms with Crippen molar-refractivity contribution in [2.45, 2.75) is 58.5 Å². The number of hydrogen-bond acceptors (Lipinski definition) is 8. The smallest absolute Gasteiger partial charge is 0.414 e. The molecule has 0 radical (unpaired) electrons. The van der Waals surface area contributed by atoms with E-state index in [4.69, 9.17) is 14.2 Å². The zero-order valence-electron chi connectivity index (χ0n) is 23.4. The largest absolute Gasteiger partial charge is 0.480 e. The van der Waals surface area contributed by atoms with E-state index in [0.717, 1.165) is 11.1 Å². The standard InChI is InChI=1S/C29H36N4O8/c1-29(2,3)41-28(38)33-17-15-22(23(33)24(34)35)14-16-30-25(31-26(36)39-18-20-10-6-4-7-11-20)32-27(37)40-19-21-12-8-5-9-13-21/h4-13,22-23H,14-19H2,1-3H3,(H,34,35)(H2,30,31,32,36,37)/t22-,23+/m1/s1.